The fraction of sp³-hybridized carbons (Fsp3) is 1.00. The van der Waals surface area contributed by atoms with Gasteiger partial charge in [0.15, 0.2) is 4.93 Å². The van der Waals surface area contributed by atoms with Crippen LogP contribution in [0.25, 0.3) is 0 Å². The zero-order chi connectivity index (χ0) is 14.8. The Labute approximate surface area is 167 Å². The summed E-state index contributed by atoms with van der Waals surface area (Å²) in [7, 11) is -4.64. The minimum absolute atomic E-state index is 0. The van der Waals surface area contributed by atoms with Gasteiger partial charge >= 0.3 is 51.4 Å². The zero-order valence-corrected chi connectivity index (χ0v) is 17.3. The normalized spacial score (nSPS) is 14.6. The van der Waals surface area contributed by atoms with E-state index < -0.39 is 15.1 Å². The fourth-order valence-electron chi connectivity index (χ4n) is 2.21. The maximum atomic E-state index is 11.2. The third-order valence-corrected chi connectivity index (χ3v) is 4.90. The van der Waals surface area contributed by atoms with Gasteiger partial charge < -0.3 is 9.66 Å². The number of aliphatic hydroxyl groups is 1. The molecule has 0 heterocycles. The van der Waals surface area contributed by atoms with Crippen LogP contribution in [0.3, 0.4) is 0 Å². The van der Waals surface area contributed by atoms with E-state index in [0.717, 1.165) is 44.9 Å². The molecule has 4 nitrogen and oxygen atoms in total. The Hall–Kier alpha value is 1.51. The van der Waals surface area contributed by atoms with Crippen molar-refractivity contribution in [2.24, 2.45) is 0 Å². The van der Waals surface area contributed by atoms with E-state index in [1.165, 1.54) is 0 Å². The summed E-state index contributed by atoms with van der Waals surface area (Å²) in [6, 6.07) is 0. The van der Waals surface area contributed by atoms with Crippen molar-refractivity contribution in [3.8, 4) is 0 Å². The SMILES string of the molecule is CCCCCCCC(O)(CCCCCC)S(=O)(=O)[O-].[K+]. The van der Waals surface area contributed by atoms with Crippen LogP contribution in [-0.4, -0.2) is 23.0 Å². The van der Waals surface area contributed by atoms with E-state index >= 15 is 0 Å². The largest absolute Gasteiger partial charge is 1.00 e. The first-order valence-corrected chi connectivity index (χ1v) is 8.96. The van der Waals surface area contributed by atoms with E-state index in [0.29, 0.717) is 12.8 Å². The molecule has 116 valence electrons. The molecule has 0 aromatic heterocycles. The predicted molar refractivity (Wildman–Crippen MR) is 76.8 cm³/mol. The molecule has 0 saturated heterocycles. The first-order chi connectivity index (χ1) is 8.87. The Kier molecular flexibility index (Phi) is 15.4. The second kappa shape index (κ2) is 13.0. The molecular formula is C14H29KO4S. The Balaban J connectivity index is 0. The topological polar surface area (TPSA) is 77.4 Å². The number of unbranched alkanes of at least 4 members (excludes halogenated alkanes) is 7. The van der Waals surface area contributed by atoms with E-state index in [1.54, 1.807) is 0 Å². The molecule has 0 fully saturated rings. The van der Waals surface area contributed by atoms with Crippen molar-refractivity contribution in [2.45, 2.75) is 89.4 Å². The first kappa shape index (κ1) is 23.8. The molecule has 0 aliphatic heterocycles. The van der Waals surface area contributed by atoms with Crippen molar-refractivity contribution in [1.29, 1.82) is 0 Å². The molecule has 0 bridgehead atoms. The predicted octanol–water partition coefficient (Wildman–Crippen LogP) is 0.555. The van der Waals surface area contributed by atoms with Crippen molar-refractivity contribution in [3.05, 3.63) is 0 Å². The minimum Gasteiger partial charge on any atom is -0.746 e. The summed E-state index contributed by atoms with van der Waals surface area (Å²) in [6.07, 6.45) is 8.39. The molecular weight excluding hydrogens is 303 g/mol. The summed E-state index contributed by atoms with van der Waals surface area (Å²) in [5, 5.41) is 10.1. The summed E-state index contributed by atoms with van der Waals surface area (Å²) in [6.45, 7) is 4.16. The molecule has 0 amide bonds. The van der Waals surface area contributed by atoms with Crippen LogP contribution in [0.2, 0.25) is 0 Å². The maximum absolute atomic E-state index is 11.2. The molecule has 1 N–H and O–H groups in total. The van der Waals surface area contributed by atoms with E-state index in [1.807, 2.05) is 0 Å². The molecule has 0 spiro atoms. The Morgan fingerprint density at radius 3 is 1.55 bits per heavy atom. The van der Waals surface area contributed by atoms with Crippen molar-refractivity contribution >= 4 is 10.1 Å². The van der Waals surface area contributed by atoms with Crippen LogP contribution in [0, 0.1) is 0 Å². The molecule has 0 radical (unpaired) electrons. The molecule has 1 atom stereocenters. The Morgan fingerprint density at radius 1 is 0.850 bits per heavy atom. The van der Waals surface area contributed by atoms with E-state index in [9.17, 15) is 18.1 Å². The minimum atomic E-state index is -4.64. The second-order valence-corrected chi connectivity index (χ2v) is 7.04. The van der Waals surface area contributed by atoms with Gasteiger partial charge in [0.25, 0.3) is 0 Å². The van der Waals surface area contributed by atoms with Crippen LogP contribution in [-0.2, 0) is 10.1 Å². The quantitative estimate of drug-likeness (QED) is 0.322. The summed E-state index contributed by atoms with van der Waals surface area (Å²) in [5.41, 5.74) is 0. The van der Waals surface area contributed by atoms with Gasteiger partial charge in [-0.3, -0.25) is 0 Å². The van der Waals surface area contributed by atoms with Crippen LogP contribution in [0.5, 0.6) is 0 Å². The van der Waals surface area contributed by atoms with Crippen LogP contribution >= 0.6 is 0 Å². The van der Waals surface area contributed by atoms with E-state index in [4.69, 9.17) is 0 Å². The first-order valence-electron chi connectivity index (χ1n) is 7.55. The van der Waals surface area contributed by atoms with Gasteiger partial charge in [0.05, 0.1) is 0 Å². The third kappa shape index (κ3) is 10.3. The number of hydrogen-bond acceptors (Lipinski definition) is 4. The van der Waals surface area contributed by atoms with E-state index in [-0.39, 0.29) is 64.2 Å². The summed E-state index contributed by atoms with van der Waals surface area (Å²) in [4.78, 5) is -2.05. The van der Waals surface area contributed by atoms with Gasteiger partial charge in [0, 0.05) is 0 Å². The zero-order valence-electron chi connectivity index (χ0n) is 13.4. The molecule has 0 aromatic carbocycles. The molecule has 0 saturated carbocycles. The van der Waals surface area contributed by atoms with Crippen LogP contribution in [0.4, 0.5) is 0 Å². The molecule has 0 aromatic rings. The smallest absolute Gasteiger partial charge is 0.746 e. The van der Waals surface area contributed by atoms with Gasteiger partial charge in [-0.05, 0) is 25.7 Å². The van der Waals surface area contributed by atoms with Gasteiger partial charge in [-0.25, -0.2) is 8.42 Å². The summed E-state index contributed by atoms with van der Waals surface area (Å²) in [5.74, 6) is 0. The Morgan fingerprint density at radius 2 is 1.20 bits per heavy atom. The van der Waals surface area contributed by atoms with Gasteiger partial charge in [0.1, 0.15) is 10.1 Å². The molecule has 0 rings (SSSR count). The molecule has 20 heavy (non-hydrogen) atoms. The molecule has 6 heteroatoms. The van der Waals surface area contributed by atoms with Crippen molar-refractivity contribution in [3.63, 3.8) is 0 Å². The maximum Gasteiger partial charge on any atom is 1.00 e. The average Bonchev–Trinajstić information content (AvgIpc) is 2.33. The van der Waals surface area contributed by atoms with Gasteiger partial charge in [-0.2, -0.15) is 0 Å². The van der Waals surface area contributed by atoms with Crippen LogP contribution in [0.1, 0.15) is 84.5 Å². The molecule has 0 aliphatic carbocycles. The van der Waals surface area contributed by atoms with Gasteiger partial charge in [0.2, 0.25) is 0 Å². The van der Waals surface area contributed by atoms with Crippen LogP contribution in [0.15, 0.2) is 0 Å². The summed E-state index contributed by atoms with van der Waals surface area (Å²) >= 11 is 0. The molecule has 0 aliphatic rings. The summed E-state index contributed by atoms with van der Waals surface area (Å²) < 4.78 is 33.7. The average molecular weight is 333 g/mol. The van der Waals surface area contributed by atoms with Crippen molar-refractivity contribution in [2.75, 3.05) is 0 Å². The third-order valence-electron chi connectivity index (χ3n) is 3.56. The van der Waals surface area contributed by atoms with Gasteiger partial charge in [-0.15, -0.1) is 0 Å². The Bertz CT molecular complexity index is 319. The van der Waals surface area contributed by atoms with Crippen molar-refractivity contribution < 1.29 is 69.5 Å². The van der Waals surface area contributed by atoms with Crippen molar-refractivity contribution in [1.82, 2.24) is 0 Å². The fourth-order valence-corrected chi connectivity index (χ4v) is 3.00. The van der Waals surface area contributed by atoms with E-state index in [2.05, 4.69) is 13.8 Å². The molecule has 1 unspecified atom stereocenters. The second-order valence-electron chi connectivity index (χ2n) is 5.38. The van der Waals surface area contributed by atoms with Crippen LogP contribution < -0.4 is 51.4 Å². The number of hydrogen-bond donors (Lipinski definition) is 1. The standard InChI is InChI=1S/C14H30O4S.K/c1-3-5-7-9-11-13-14(15,19(16,17)18)12-10-8-6-4-2;/h15H,3-13H2,1-2H3,(H,16,17,18);/q;+1/p-1. The number of rotatable bonds is 12. The monoisotopic (exact) mass is 332 g/mol. The van der Waals surface area contributed by atoms with Gasteiger partial charge in [-0.1, -0.05) is 58.8 Å².